The summed E-state index contributed by atoms with van der Waals surface area (Å²) in [5.41, 5.74) is 0.797. The second-order valence-corrected chi connectivity index (χ2v) is 4.33. The fourth-order valence-electron chi connectivity index (χ4n) is 2.05. The highest BCUT2D eigenvalue weighted by Crippen LogP contribution is 2.31. The normalized spacial score (nSPS) is 19.1. The Labute approximate surface area is 110 Å². The van der Waals surface area contributed by atoms with Gasteiger partial charge in [-0.1, -0.05) is 17.7 Å². The number of halogens is 1. The SMILES string of the molecule is CCN1C(=O)NC(=N)C1c1ccc(OC)c(Cl)c1. The van der Waals surface area contributed by atoms with Crippen molar-refractivity contribution in [1.82, 2.24) is 10.2 Å². The zero-order valence-corrected chi connectivity index (χ0v) is 10.9. The molecule has 2 rings (SSSR count). The lowest BCUT2D eigenvalue weighted by Crippen LogP contribution is -2.29. The Morgan fingerprint density at radius 3 is 2.83 bits per heavy atom. The molecule has 1 saturated heterocycles. The van der Waals surface area contributed by atoms with Gasteiger partial charge in [-0.3, -0.25) is 10.7 Å². The number of urea groups is 1. The molecule has 1 aliphatic heterocycles. The molecule has 0 radical (unpaired) electrons. The minimum absolute atomic E-state index is 0.170. The quantitative estimate of drug-likeness (QED) is 0.883. The van der Waals surface area contributed by atoms with Crippen molar-refractivity contribution in [3.63, 3.8) is 0 Å². The maximum atomic E-state index is 11.6. The summed E-state index contributed by atoms with van der Waals surface area (Å²) in [5, 5.41) is 10.8. The molecule has 1 unspecified atom stereocenters. The van der Waals surface area contributed by atoms with Crippen LogP contribution < -0.4 is 10.1 Å². The Balaban J connectivity index is 2.38. The lowest BCUT2D eigenvalue weighted by molar-refractivity contribution is 0.209. The van der Waals surface area contributed by atoms with E-state index in [2.05, 4.69) is 5.32 Å². The van der Waals surface area contributed by atoms with Gasteiger partial charge in [-0.15, -0.1) is 0 Å². The van der Waals surface area contributed by atoms with Crippen molar-refractivity contribution >= 4 is 23.5 Å². The predicted molar refractivity (Wildman–Crippen MR) is 69.4 cm³/mol. The van der Waals surface area contributed by atoms with Gasteiger partial charge in [0.05, 0.1) is 12.1 Å². The average Bonchev–Trinajstić information content (AvgIpc) is 2.63. The summed E-state index contributed by atoms with van der Waals surface area (Å²) in [5.74, 6) is 0.746. The number of hydrogen-bond acceptors (Lipinski definition) is 3. The summed E-state index contributed by atoms with van der Waals surface area (Å²) in [4.78, 5) is 13.2. The van der Waals surface area contributed by atoms with E-state index in [1.165, 1.54) is 0 Å². The van der Waals surface area contributed by atoms with Crippen LogP contribution in [0.1, 0.15) is 18.5 Å². The fourth-order valence-corrected chi connectivity index (χ4v) is 2.32. The van der Waals surface area contributed by atoms with Crippen LogP contribution in [-0.2, 0) is 0 Å². The van der Waals surface area contributed by atoms with E-state index in [1.807, 2.05) is 13.0 Å². The summed E-state index contributed by atoms with van der Waals surface area (Å²) >= 11 is 6.06. The van der Waals surface area contributed by atoms with E-state index in [9.17, 15) is 4.79 Å². The number of nitrogens with one attached hydrogen (secondary N) is 2. The number of rotatable bonds is 3. The number of methoxy groups -OCH3 is 1. The highest BCUT2D eigenvalue weighted by Gasteiger charge is 2.35. The van der Waals surface area contributed by atoms with Crippen molar-refractivity contribution in [1.29, 1.82) is 5.41 Å². The molecule has 5 nitrogen and oxygen atoms in total. The van der Waals surface area contributed by atoms with Gasteiger partial charge in [0.15, 0.2) is 0 Å². The topological polar surface area (TPSA) is 65.4 Å². The summed E-state index contributed by atoms with van der Waals surface area (Å²) in [6.45, 7) is 2.40. The first-order chi connectivity index (χ1) is 8.58. The number of hydrogen-bond donors (Lipinski definition) is 2. The van der Waals surface area contributed by atoms with E-state index >= 15 is 0 Å². The standard InChI is InChI=1S/C12H14ClN3O2/c1-3-16-10(11(14)15-12(16)17)7-4-5-9(18-2)8(13)6-7/h4-6,10H,3H2,1-2H3,(H2,14,15,17). The molecular weight excluding hydrogens is 254 g/mol. The smallest absolute Gasteiger partial charge is 0.323 e. The van der Waals surface area contributed by atoms with Gasteiger partial charge in [0.25, 0.3) is 0 Å². The number of benzene rings is 1. The van der Waals surface area contributed by atoms with Crippen LogP contribution >= 0.6 is 11.6 Å². The fraction of sp³-hybridized carbons (Fsp3) is 0.333. The molecule has 18 heavy (non-hydrogen) atoms. The molecule has 0 bridgehead atoms. The first-order valence-electron chi connectivity index (χ1n) is 5.58. The van der Waals surface area contributed by atoms with E-state index < -0.39 is 6.04 Å². The second-order valence-electron chi connectivity index (χ2n) is 3.93. The lowest BCUT2D eigenvalue weighted by atomic mass is 10.1. The van der Waals surface area contributed by atoms with Gasteiger partial charge in [-0.2, -0.15) is 0 Å². The summed E-state index contributed by atoms with van der Waals surface area (Å²) in [6, 6.07) is 4.63. The number of amidine groups is 1. The van der Waals surface area contributed by atoms with Crippen LogP contribution in [0, 0.1) is 5.41 Å². The third kappa shape index (κ3) is 2.01. The Morgan fingerprint density at radius 2 is 2.28 bits per heavy atom. The number of carbonyl (C=O) groups is 1. The van der Waals surface area contributed by atoms with E-state index in [1.54, 1.807) is 24.1 Å². The summed E-state index contributed by atoms with van der Waals surface area (Å²) < 4.78 is 5.08. The molecule has 2 N–H and O–H groups in total. The maximum absolute atomic E-state index is 11.6. The van der Waals surface area contributed by atoms with Crippen molar-refractivity contribution in [2.45, 2.75) is 13.0 Å². The molecule has 1 aliphatic rings. The molecule has 1 aromatic carbocycles. The van der Waals surface area contributed by atoms with Crippen LogP contribution in [0.5, 0.6) is 5.75 Å². The average molecular weight is 268 g/mol. The number of likely N-dealkylation sites (N-methyl/N-ethyl adjacent to an activating group) is 1. The van der Waals surface area contributed by atoms with Crippen molar-refractivity contribution in [3.05, 3.63) is 28.8 Å². The van der Waals surface area contributed by atoms with Gasteiger partial charge in [0.1, 0.15) is 17.6 Å². The van der Waals surface area contributed by atoms with Gasteiger partial charge in [-0.05, 0) is 24.6 Å². The van der Waals surface area contributed by atoms with Crippen molar-refractivity contribution in [2.24, 2.45) is 0 Å². The van der Waals surface area contributed by atoms with Gasteiger partial charge >= 0.3 is 6.03 Å². The molecule has 96 valence electrons. The summed E-state index contributed by atoms with van der Waals surface area (Å²) in [6.07, 6.45) is 0. The predicted octanol–water partition coefficient (Wildman–Crippen LogP) is 2.41. The summed E-state index contributed by atoms with van der Waals surface area (Å²) in [7, 11) is 1.54. The Bertz CT molecular complexity index is 504. The van der Waals surface area contributed by atoms with Crippen molar-refractivity contribution < 1.29 is 9.53 Å². The number of nitrogens with zero attached hydrogens (tertiary/aromatic N) is 1. The van der Waals surface area contributed by atoms with Crippen molar-refractivity contribution in [3.8, 4) is 5.75 Å². The van der Waals surface area contributed by atoms with E-state index in [-0.39, 0.29) is 11.9 Å². The molecule has 1 heterocycles. The van der Waals surface area contributed by atoms with Crippen molar-refractivity contribution in [2.75, 3.05) is 13.7 Å². The Kier molecular flexibility index (Phi) is 3.43. The largest absolute Gasteiger partial charge is 0.495 e. The van der Waals surface area contributed by atoms with Crippen LogP contribution in [-0.4, -0.2) is 30.4 Å². The first-order valence-corrected chi connectivity index (χ1v) is 5.95. The van der Waals surface area contributed by atoms with Crippen LogP contribution in [0.25, 0.3) is 0 Å². The van der Waals surface area contributed by atoms with Gasteiger partial charge in [0, 0.05) is 6.54 Å². The molecule has 1 fully saturated rings. The molecule has 0 aliphatic carbocycles. The molecule has 2 amide bonds. The third-order valence-electron chi connectivity index (χ3n) is 2.92. The molecule has 1 atom stereocenters. The van der Waals surface area contributed by atoms with Gasteiger partial charge in [-0.25, -0.2) is 4.79 Å². The molecule has 0 saturated carbocycles. The molecule has 0 aromatic heterocycles. The van der Waals surface area contributed by atoms with E-state index in [0.29, 0.717) is 17.3 Å². The molecule has 0 spiro atoms. The maximum Gasteiger partial charge on any atom is 0.323 e. The van der Waals surface area contributed by atoms with Gasteiger partial charge < -0.3 is 9.64 Å². The Morgan fingerprint density at radius 1 is 1.56 bits per heavy atom. The monoisotopic (exact) mass is 267 g/mol. The Hall–Kier alpha value is -1.75. The van der Waals surface area contributed by atoms with Crippen LogP contribution in [0.15, 0.2) is 18.2 Å². The minimum atomic E-state index is -0.397. The highest BCUT2D eigenvalue weighted by molar-refractivity contribution is 6.32. The molecule has 1 aromatic rings. The zero-order valence-electron chi connectivity index (χ0n) is 10.2. The zero-order chi connectivity index (χ0) is 13.3. The first kappa shape index (κ1) is 12.7. The number of ether oxygens (including phenoxy) is 1. The van der Waals surface area contributed by atoms with Gasteiger partial charge in [0.2, 0.25) is 0 Å². The van der Waals surface area contributed by atoms with Crippen LogP contribution in [0.4, 0.5) is 4.79 Å². The molecular formula is C12H14ClN3O2. The van der Waals surface area contributed by atoms with Crippen LogP contribution in [0.3, 0.4) is 0 Å². The minimum Gasteiger partial charge on any atom is -0.495 e. The van der Waals surface area contributed by atoms with Crippen LogP contribution in [0.2, 0.25) is 5.02 Å². The molecule has 6 heteroatoms. The number of amides is 2. The van der Waals surface area contributed by atoms with E-state index in [0.717, 1.165) is 5.56 Å². The van der Waals surface area contributed by atoms with E-state index in [4.69, 9.17) is 21.7 Å². The highest BCUT2D eigenvalue weighted by atomic mass is 35.5. The lowest BCUT2D eigenvalue weighted by Gasteiger charge is -2.21. The second kappa shape index (κ2) is 4.86. The number of carbonyl (C=O) groups excluding carboxylic acids is 1. The third-order valence-corrected chi connectivity index (χ3v) is 3.22.